The van der Waals surface area contributed by atoms with Crippen molar-refractivity contribution in [1.82, 2.24) is 15.5 Å². The van der Waals surface area contributed by atoms with Gasteiger partial charge in [-0.25, -0.2) is 9.79 Å². The summed E-state index contributed by atoms with van der Waals surface area (Å²) < 4.78 is 5.05. The molecule has 1 heterocycles. The van der Waals surface area contributed by atoms with Crippen LogP contribution in [0.5, 0.6) is 0 Å². The van der Waals surface area contributed by atoms with Gasteiger partial charge < -0.3 is 26.0 Å². The Kier molecular flexibility index (Phi) is 10.6. The first-order chi connectivity index (χ1) is 13.0. The fourth-order valence-electron chi connectivity index (χ4n) is 2.88. The van der Waals surface area contributed by atoms with E-state index in [-0.39, 0.29) is 36.1 Å². The van der Waals surface area contributed by atoms with Crippen molar-refractivity contribution in [2.24, 2.45) is 10.7 Å². The van der Waals surface area contributed by atoms with Crippen LogP contribution in [0.25, 0.3) is 0 Å². The number of guanidine groups is 1. The van der Waals surface area contributed by atoms with Gasteiger partial charge in [0.15, 0.2) is 5.96 Å². The van der Waals surface area contributed by atoms with Gasteiger partial charge in [-0.05, 0) is 44.4 Å². The van der Waals surface area contributed by atoms with E-state index < -0.39 is 5.91 Å². The third-order valence-corrected chi connectivity index (χ3v) is 4.36. The second kappa shape index (κ2) is 12.4. The molecule has 0 atom stereocenters. The number of hydrogen-bond acceptors (Lipinski definition) is 4. The van der Waals surface area contributed by atoms with Gasteiger partial charge >= 0.3 is 6.09 Å². The van der Waals surface area contributed by atoms with Crippen LogP contribution in [0.3, 0.4) is 0 Å². The van der Waals surface area contributed by atoms with E-state index in [4.69, 9.17) is 10.5 Å². The number of halogens is 1. The Morgan fingerprint density at radius 2 is 1.86 bits per heavy atom. The van der Waals surface area contributed by atoms with Crippen molar-refractivity contribution in [3.63, 3.8) is 0 Å². The molecule has 28 heavy (non-hydrogen) atoms. The predicted octanol–water partition coefficient (Wildman–Crippen LogP) is 2.08. The number of piperidine rings is 1. The Balaban J connectivity index is 0.00000392. The van der Waals surface area contributed by atoms with E-state index >= 15 is 0 Å². The van der Waals surface area contributed by atoms with Crippen molar-refractivity contribution >= 4 is 41.9 Å². The van der Waals surface area contributed by atoms with E-state index in [9.17, 15) is 9.59 Å². The van der Waals surface area contributed by atoms with Crippen molar-refractivity contribution in [1.29, 1.82) is 0 Å². The maximum atomic E-state index is 11.8. The minimum Gasteiger partial charge on any atom is -0.450 e. The lowest BCUT2D eigenvalue weighted by atomic mass is 10.1. The van der Waals surface area contributed by atoms with Crippen molar-refractivity contribution in [3.05, 3.63) is 35.4 Å². The van der Waals surface area contributed by atoms with E-state index in [2.05, 4.69) is 15.6 Å². The molecule has 0 aromatic heterocycles. The molecule has 0 spiro atoms. The zero-order valence-electron chi connectivity index (χ0n) is 16.4. The maximum Gasteiger partial charge on any atom is 0.409 e. The third kappa shape index (κ3) is 7.53. The van der Waals surface area contributed by atoms with Crippen LogP contribution in [0.15, 0.2) is 29.3 Å². The average molecular weight is 503 g/mol. The van der Waals surface area contributed by atoms with Crippen LogP contribution in [-0.2, 0) is 11.3 Å². The van der Waals surface area contributed by atoms with Crippen LogP contribution < -0.4 is 16.4 Å². The molecule has 8 nitrogen and oxygen atoms in total. The fourth-order valence-corrected chi connectivity index (χ4v) is 2.88. The Bertz CT molecular complexity index is 658. The lowest BCUT2D eigenvalue weighted by Crippen LogP contribution is -2.49. The van der Waals surface area contributed by atoms with Crippen molar-refractivity contribution in [3.8, 4) is 0 Å². The highest BCUT2D eigenvalue weighted by molar-refractivity contribution is 14.0. The Morgan fingerprint density at radius 3 is 2.39 bits per heavy atom. The number of carbonyl (C=O) groups is 2. The molecule has 0 saturated carbocycles. The van der Waals surface area contributed by atoms with Gasteiger partial charge in [0.2, 0.25) is 5.91 Å². The molecule has 4 N–H and O–H groups in total. The van der Waals surface area contributed by atoms with Crippen molar-refractivity contribution in [2.75, 3.05) is 26.2 Å². The molecule has 1 aromatic carbocycles. The van der Waals surface area contributed by atoms with E-state index in [0.29, 0.717) is 31.8 Å². The zero-order valence-corrected chi connectivity index (χ0v) is 18.8. The second-order valence-corrected chi connectivity index (χ2v) is 6.36. The Morgan fingerprint density at radius 1 is 1.21 bits per heavy atom. The molecule has 0 bridgehead atoms. The molecule has 156 valence electrons. The van der Waals surface area contributed by atoms with Crippen molar-refractivity contribution in [2.45, 2.75) is 39.3 Å². The average Bonchev–Trinajstić information content (AvgIpc) is 2.67. The molecule has 9 heteroatoms. The van der Waals surface area contributed by atoms with Gasteiger partial charge in [0, 0.05) is 31.2 Å². The summed E-state index contributed by atoms with van der Waals surface area (Å²) in [6.45, 7) is 6.82. The van der Waals surface area contributed by atoms with Crippen LogP contribution in [0.2, 0.25) is 0 Å². The highest BCUT2D eigenvalue weighted by Crippen LogP contribution is 2.12. The SMILES string of the molecule is CCNC(=NCc1ccc(C(N)=O)cc1)NC1CCN(C(=O)OCC)CC1.I. The number of benzene rings is 1. The summed E-state index contributed by atoms with van der Waals surface area (Å²) >= 11 is 0. The molecule has 0 aliphatic carbocycles. The van der Waals surface area contributed by atoms with Gasteiger partial charge in [-0.2, -0.15) is 0 Å². The van der Waals surface area contributed by atoms with Crippen LogP contribution in [0, 0.1) is 0 Å². The number of likely N-dealkylation sites (tertiary alicyclic amines) is 1. The smallest absolute Gasteiger partial charge is 0.409 e. The number of amides is 2. The van der Waals surface area contributed by atoms with Crippen molar-refractivity contribution < 1.29 is 14.3 Å². The van der Waals surface area contributed by atoms with Gasteiger partial charge in [0.25, 0.3) is 0 Å². The van der Waals surface area contributed by atoms with E-state index in [1.54, 1.807) is 17.0 Å². The summed E-state index contributed by atoms with van der Waals surface area (Å²) in [6.07, 6.45) is 1.45. The van der Waals surface area contributed by atoms with Gasteiger partial charge in [0.1, 0.15) is 0 Å². The number of primary amides is 1. The van der Waals surface area contributed by atoms with E-state index in [1.807, 2.05) is 26.0 Å². The zero-order chi connectivity index (χ0) is 19.6. The lowest BCUT2D eigenvalue weighted by molar-refractivity contribution is 0.0961. The number of ether oxygens (including phenoxy) is 1. The summed E-state index contributed by atoms with van der Waals surface area (Å²) in [7, 11) is 0. The van der Waals surface area contributed by atoms with Crippen LogP contribution in [-0.4, -0.2) is 55.1 Å². The second-order valence-electron chi connectivity index (χ2n) is 6.36. The van der Waals surface area contributed by atoms with Gasteiger partial charge in [0.05, 0.1) is 13.2 Å². The molecule has 1 fully saturated rings. The highest BCUT2D eigenvalue weighted by atomic mass is 127. The van der Waals surface area contributed by atoms with Crippen LogP contribution >= 0.6 is 24.0 Å². The first-order valence-corrected chi connectivity index (χ1v) is 9.38. The summed E-state index contributed by atoms with van der Waals surface area (Å²) in [5, 5.41) is 6.68. The lowest BCUT2D eigenvalue weighted by Gasteiger charge is -2.32. The number of nitrogens with one attached hydrogen (secondary N) is 2. The third-order valence-electron chi connectivity index (χ3n) is 4.36. The molecule has 0 radical (unpaired) electrons. The fraction of sp³-hybridized carbons (Fsp3) is 0.526. The first-order valence-electron chi connectivity index (χ1n) is 9.38. The largest absolute Gasteiger partial charge is 0.450 e. The minimum atomic E-state index is -0.436. The minimum absolute atomic E-state index is 0. The first kappa shape index (κ1) is 24.0. The maximum absolute atomic E-state index is 11.8. The summed E-state index contributed by atoms with van der Waals surface area (Å²) in [4.78, 5) is 29.3. The monoisotopic (exact) mass is 503 g/mol. The van der Waals surface area contributed by atoms with Gasteiger partial charge in [-0.15, -0.1) is 24.0 Å². The topological polar surface area (TPSA) is 109 Å². The van der Waals surface area contributed by atoms with Crippen LogP contribution in [0.4, 0.5) is 4.79 Å². The van der Waals surface area contributed by atoms with Gasteiger partial charge in [-0.3, -0.25) is 4.79 Å². The standard InChI is InChI=1S/C19H29N5O3.HI/c1-3-21-18(22-13-14-5-7-15(8-6-14)17(20)25)23-16-9-11-24(12-10-16)19(26)27-4-2;/h5-8,16H,3-4,9-13H2,1-2H3,(H2,20,25)(H2,21,22,23);1H. The number of hydrogen-bond donors (Lipinski definition) is 3. The molecule has 1 saturated heterocycles. The normalized spacial score (nSPS) is 14.8. The van der Waals surface area contributed by atoms with E-state index in [1.165, 1.54) is 0 Å². The molecule has 2 rings (SSSR count). The number of nitrogens with two attached hydrogens (primary N) is 1. The molecule has 0 unspecified atom stereocenters. The Hall–Kier alpha value is -2.04. The molecule has 1 aliphatic rings. The summed E-state index contributed by atoms with van der Waals surface area (Å²) in [6, 6.07) is 7.37. The molecular formula is C19H30IN5O3. The number of aliphatic imine (C=N–C) groups is 1. The quantitative estimate of drug-likeness (QED) is 0.313. The predicted molar refractivity (Wildman–Crippen MR) is 120 cm³/mol. The molecular weight excluding hydrogens is 473 g/mol. The number of rotatable bonds is 6. The summed E-state index contributed by atoms with van der Waals surface area (Å²) in [5.41, 5.74) is 6.74. The molecule has 1 aliphatic heterocycles. The van der Waals surface area contributed by atoms with Gasteiger partial charge in [-0.1, -0.05) is 12.1 Å². The molecule has 1 aromatic rings. The summed E-state index contributed by atoms with van der Waals surface area (Å²) in [5.74, 6) is 0.306. The van der Waals surface area contributed by atoms with E-state index in [0.717, 1.165) is 30.9 Å². The van der Waals surface area contributed by atoms with Crippen LogP contribution in [0.1, 0.15) is 42.6 Å². The number of carbonyl (C=O) groups excluding carboxylic acids is 2. The molecule has 2 amide bonds. The highest BCUT2D eigenvalue weighted by Gasteiger charge is 2.24. The Labute approximate surface area is 183 Å². The number of nitrogens with zero attached hydrogens (tertiary/aromatic N) is 2.